The van der Waals surface area contributed by atoms with Crippen molar-refractivity contribution in [3.05, 3.63) is 22.8 Å². The first kappa shape index (κ1) is 11.8. The first-order valence-corrected chi connectivity index (χ1v) is 6.75. The molecule has 2 aliphatic rings. The Morgan fingerprint density at radius 1 is 1.06 bits per heavy atom. The Bertz CT molecular complexity index is 478. The second kappa shape index (κ2) is 4.16. The van der Waals surface area contributed by atoms with Crippen molar-refractivity contribution in [3.8, 4) is 11.5 Å². The van der Waals surface area contributed by atoms with Crippen molar-refractivity contribution < 1.29 is 9.47 Å². The highest BCUT2D eigenvalue weighted by Crippen LogP contribution is 2.48. The molecule has 0 atom stereocenters. The van der Waals surface area contributed by atoms with Crippen LogP contribution in [-0.4, -0.2) is 14.2 Å². The molecule has 0 spiro atoms. The summed E-state index contributed by atoms with van der Waals surface area (Å²) in [5.41, 5.74) is 10.1. The maximum Gasteiger partial charge on any atom is 0.127 e. The minimum atomic E-state index is -0.198. The predicted molar refractivity (Wildman–Crippen MR) is 71.3 cm³/mol. The zero-order chi connectivity index (χ0) is 12.8. The molecule has 98 valence electrons. The molecular formula is C15H21NO2. The van der Waals surface area contributed by atoms with Crippen molar-refractivity contribution in [2.45, 2.75) is 44.1 Å². The summed E-state index contributed by atoms with van der Waals surface area (Å²) in [6.07, 6.45) is 6.66. The Hall–Kier alpha value is -1.22. The Morgan fingerprint density at radius 3 is 2.33 bits per heavy atom. The largest absolute Gasteiger partial charge is 0.496 e. The van der Waals surface area contributed by atoms with Gasteiger partial charge in [-0.2, -0.15) is 0 Å². The molecule has 0 unspecified atom stereocenters. The summed E-state index contributed by atoms with van der Waals surface area (Å²) in [5, 5.41) is 0. The lowest BCUT2D eigenvalue weighted by molar-refractivity contribution is 0.242. The molecule has 0 saturated heterocycles. The van der Waals surface area contributed by atoms with E-state index in [0.717, 1.165) is 42.7 Å². The monoisotopic (exact) mass is 247 g/mol. The van der Waals surface area contributed by atoms with Gasteiger partial charge in [0.25, 0.3) is 0 Å². The lowest BCUT2D eigenvalue weighted by atomic mass is 9.71. The molecule has 1 fully saturated rings. The van der Waals surface area contributed by atoms with E-state index in [1.54, 1.807) is 14.2 Å². The van der Waals surface area contributed by atoms with Crippen LogP contribution in [0.1, 0.15) is 42.4 Å². The summed E-state index contributed by atoms with van der Waals surface area (Å²) in [6, 6.07) is 2.11. The third kappa shape index (κ3) is 1.53. The highest BCUT2D eigenvalue weighted by atomic mass is 16.5. The predicted octanol–water partition coefficient (Wildman–Crippen LogP) is 2.53. The van der Waals surface area contributed by atoms with E-state index < -0.39 is 0 Å². The van der Waals surface area contributed by atoms with Crippen molar-refractivity contribution in [1.29, 1.82) is 0 Å². The van der Waals surface area contributed by atoms with E-state index in [-0.39, 0.29) is 5.54 Å². The number of rotatable bonds is 3. The molecule has 0 bridgehead atoms. The van der Waals surface area contributed by atoms with E-state index in [4.69, 9.17) is 15.2 Å². The summed E-state index contributed by atoms with van der Waals surface area (Å²) < 4.78 is 11.2. The molecule has 0 amide bonds. The summed E-state index contributed by atoms with van der Waals surface area (Å²) in [5.74, 6) is 2.01. The summed E-state index contributed by atoms with van der Waals surface area (Å²) >= 11 is 0. The third-order valence-electron chi connectivity index (χ3n) is 4.52. The minimum absolute atomic E-state index is 0.198. The minimum Gasteiger partial charge on any atom is -0.496 e. The zero-order valence-electron chi connectivity index (χ0n) is 11.2. The molecule has 2 aliphatic carbocycles. The number of methoxy groups -OCH3 is 2. The molecule has 3 heteroatoms. The Labute approximate surface area is 108 Å². The molecule has 0 aliphatic heterocycles. The van der Waals surface area contributed by atoms with Gasteiger partial charge in [-0.1, -0.05) is 0 Å². The highest BCUT2D eigenvalue weighted by Gasteiger charge is 2.39. The van der Waals surface area contributed by atoms with Gasteiger partial charge in [0.1, 0.15) is 11.5 Å². The first-order valence-electron chi connectivity index (χ1n) is 6.75. The van der Waals surface area contributed by atoms with Gasteiger partial charge in [-0.25, -0.2) is 0 Å². The fourth-order valence-electron chi connectivity index (χ4n) is 3.32. The normalized spacial score (nSPS) is 20.2. The molecule has 0 aromatic heterocycles. The molecule has 1 aromatic carbocycles. The standard InChI is InChI=1S/C15H21NO2/c1-17-13-9-12(15(16)7-4-8-15)14(18-2)11-6-3-5-10(11)13/h9H,3-8,16H2,1-2H3. The maximum absolute atomic E-state index is 6.48. The van der Waals surface area contributed by atoms with E-state index in [0.29, 0.717) is 0 Å². The van der Waals surface area contributed by atoms with Crippen molar-refractivity contribution in [1.82, 2.24) is 0 Å². The van der Waals surface area contributed by atoms with Crippen LogP contribution in [0, 0.1) is 0 Å². The van der Waals surface area contributed by atoms with E-state index in [9.17, 15) is 0 Å². The molecule has 0 heterocycles. The van der Waals surface area contributed by atoms with Crippen LogP contribution >= 0.6 is 0 Å². The van der Waals surface area contributed by atoms with Gasteiger partial charge in [0.2, 0.25) is 0 Å². The maximum atomic E-state index is 6.48. The van der Waals surface area contributed by atoms with Gasteiger partial charge in [-0.05, 0) is 44.6 Å². The van der Waals surface area contributed by atoms with Gasteiger partial charge < -0.3 is 15.2 Å². The summed E-state index contributed by atoms with van der Waals surface area (Å²) in [7, 11) is 3.50. The second-order valence-corrected chi connectivity index (χ2v) is 5.48. The molecule has 3 nitrogen and oxygen atoms in total. The van der Waals surface area contributed by atoms with Crippen molar-refractivity contribution >= 4 is 0 Å². The van der Waals surface area contributed by atoms with Crippen LogP contribution in [0.4, 0.5) is 0 Å². The van der Waals surface area contributed by atoms with Crippen LogP contribution in [0.2, 0.25) is 0 Å². The zero-order valence-corrected chi connectivity index (χ0v) is 11.2. The van der Waals surface area contributed by atoms with Gasteiger partial charge >= 0.3 is 0 Å². The fraction of sp³-hybridized carbons (Fsp3) is 0.600. The summed E-state index contributed by atoms with van der Waals surface area (Å²) in [6.45, 7) is 0. The number of fused-ring (bicyclic) bond motifs is 1. The van der Waals surface area contributed by atoms with E-state index in [1.165, 1.54) is 24.0 Å². The smallest absolute Gasteiger partial charge is 0.127 e. The van der Waals surface area contributed by atoms with Gasteiger partial charge in [0.15, 0.2) is 0 Å². The first-order chi connectivity index (χ1) is 8.69. The van der Waals surface area contributed by atoms with Crippen LogP contribution < -0.4 is 15.2 Å². The number of hydrogen-bond donors (Lipinski definition) is 1. The number of nitrogens with two attached hydrogens (primary N) is 1. The molecule has 18 heavy (non-hydrogen) atoms. The molecule has 1 aromatic rings. The van der Waals surface area contributed by atoms with Gasteiger partial charge in [-0.15, -0.1) is 0 Å². The van der Waals surface area contributed by atoms with Crippen molar-refractivity contribution in [2.75, 3.05) is 14.2 Å². The number of ether oxygens (including phenoxy) is 2. The van der Waals surface area contributed by atoms with Crippen LogP contribution in [0.3, 0.4) is 0 Å². The molecule has 1 saturated carbocycles. The van der Waals surface area contributed by atoms with E-state index >= 15 is 0 Å². The lowest BCUT2D eigenvalue weighted by Gasteiger charge is -2.40. The second-order valence-electron chi connectivity index (χ2n) is 5.48. The van der Waals surface area contributed by atoms with Gasteiger partial charge in [-0.3, -0.25) is 0 Å². The highest BCUT2D eigenvalue weighted by molar-refractivity contribution is 5.58. The lowest BCUT2D eigenvalue weighted by Crippen LogP contribution is -2.43. The topological polar surface area (TPSA) is 44.5 Å². The quantitative estimate of drug-likeness (QED) is 0.892. The number of benzene rings is 1. The SMILES string of the molecule is COc1cc(C2(N)CCC2)c(OC)c2c1CCC2. The van der Waals surface area contributed by atoms with E-state index in [2.05, 4.69) is 6.07 Å². The van der Waals surface area contributed by atoms with Crippen molar-refractivity contribution in [3.63, 3.8) is 0 Å². The van der Waals surface area contributed by atoms with Crippen LogP contribution in [0.25, 0.3) is 0 Å². The van der Waals surface area contributed by atoms with Crippen LogP contribution in [-0.2, 0) is 18.4 Å². The molecular weight excluding hydrogens is 226 g/mol. The number of hydrogen-bond acceptors (Lipinski definition) is 3. The van der Waals surface area contributed by atoms with E-state index in [1.807, 2.05) is 0 Å². The average Bonchev–Trinajstić information content (AvgIpc) is 2.82. The van der Waals surface area contributed by atoms with Gasteiger partial charge in [0.05, 0.1) is 14.2 Å². The Balaban J connectivity index is 2.18. The third-order valence-corrected chi connectivity index (χ3v) is 4.52. The van der Waals surface area contributed by atoms with Gasteiger partial charge in [0, 0.05) is 22.2 Å². The molecule has 3 rings (SSSR count). The Morgan fingerprint density at radius 2 is 1.78 bits per heavy atom. The van der Waals surface area contributed by atoms with Crippen LogP contribution in [0.5, 0.6) is 11.5 Å². The molecule has 2 N–H and O–H groups in total. The fourth-order valence-corrected chi connectivity index (χ4v) is 3.32. The average molecular weight is 247 g/mol. The summed E-state index contributed by atoms with van der Waals surface area (Å²) in [4.78, 5) is 0. The molecule has 0 radical (unpaired) electrons. The Kier molecular flexibility index (Phi) is 2.74. The van der Waals surface area contributed by atoms with Crippen LogP contribution in [0.15, 0.2) is 6.07 Å². The van der Waals surface area contributed by atoms with Crippen molar-refractivity contribution in [2.24, 2.45) is 5.73 Å².